The van der Waals surface area contributed by atoms with Crippen molar-refractivity contribution in [2.45, 2.75) is 12.7 Å². The molecule has 116 valence electrons. The smallest absolute Gasteiger partial charge is 0.437 e. The summed E-state index contributed by atoms with van der Waals surface area (Å²) in [6, 6.07) is 1.32. The van der Waals surface area contributed by atoms with Crippen LogP contribution in [0.3, 0.4) is 0 Å². The molecule has 2 rings (SSSR count). The van der Waals surface area contributed by atoms with Crippen molar-refractivity contribution < 1.29 is 17.9 Å². The molecule has 0 fully saturated rings. The summed E-state index contributed by atoms with van der Waals surface area (Å²) in [6.45, 7) is 0.309. The van der Waals surface area contributed by atoms with Gasteiger partial charge in [0.1, 0.15) is 5.75 Å². The van der Waals surface area contributed by atoms with Crippen molar-refractivity contribution in [3.05, 3.63) is 35.9 Å². The van der Waals surface area contributed by atoms with Crippen LogP contribution in [-0.4, -0.2) is 28.9 Å². The topological polar surface area (TPSA) is 52.0 Å². The fourth-order valence-corrected chi connectivity index (χ4v) is 1.71. The molecule has 0 saturated heterocycles. The van der Waals surface area contributed by atoms with E-state index in [0.29, 0.717) is 12.1 Å². The van der Waals surface area contributed by atoms with E-state index in [9.17, 15) is 13.2 Å². The molecule has 0 spiro atoms. The first-order valence-electron chi connectivity index (χ1n) is 5.74. The summed E-state index contributed by atoms with van der Waals surface area (Å²) in [7, 11) is 2.94. The molecular formula is C12H14ClF3N4O. The minimum absolute atomic E-state index is 0. The molecule has 0 amide bonds. The van der Waals surface area contributed by atoms with Crippen molar-refractivity contribution in [1.29, 1.82) is 0 Å². The van der Waals surface area contributed by atoms with Gasteiger partial charge in [-0.3, -0.25) is 4.68 Å². The van der Waals surface area contributed by atoms with Crippen molar-refractivity contribution >= 4 is 18.1 Å². The van der Waals surface area contributed by atoms with E-state index in [0.717, 1.165) is 5.69 Å². The van der Waals surface area contributed by atoms with Crippen LogP contribution >= 0.6 is 12.4 Å². The van der Waals surface area contributed by atoms with E-state index in [-0.39, 0.29) is 18.2 Å². The Labute approximate surface area is 125 Å². The largest absolute Gasteiger partial charge is 0.494 e. The van der Waals surface area contributed by atoms with Crippen LogP contribution in [0, 0.1) is 0 Å². The SMILES string of the molecule is CNc1cnn(Cc2cnc(C(F)(F)F)c(OC)c2)c1.Cl. The van der Waals surface area contributed by atoms with Gasteiger partial charge in [-0.2, -0.15) is 18.3 Å². The number of rotatable bonds is 4. The maximum atomic E-state index is 12.7. The van der Waals surface area contributed by atoms with Gasteiger partial charge in [-0.15, -0.1) is 12.4 Å². The van der Waals surface area contributed by atoms with Crippen molar-refractivity contribution in [3.63, 3.8) is 0 Å². The summed E-state index contributed by atoms with van der Waals surface area (Å²) < 4.78 is 44.4. The van der Waals surface area contributed by atoms with E-state index in [1.807, 2.05) is 0 Å². The summed E-state index contributed by atoms with van der Waals surface area (Å²) in [5, 5.41) is 6.98. The number of methoxy groups -OCH3 is 1. The molecule has 0 unspecified atom stereocenters. The molecular weight excluding hydrogens is 309 g/mol. The van der Waals surface area contributed by atoms with Crippen molar-refractivity contribution in [2.24, 2.45) is 0 Å². The van der Waals surface area contributed by atoms with Gasteiger partial charge in [-0.25, -0.2) is 4.98 Å². The zero-order valence-corrected chi connectivity index (χ0v) is 12.1. The number of ether oxygens (including phenoxy) is 1. The molecule has 0 aliphatic carbocycles. The molecule has 21 heavy (non-hydrogen) atoms. The molecule has 1 N–H and O–H groups in total. The van der Waals surface area contributed by atoms with E-state index < -0.39 is 11.9 Å². The van der Waals surface area contributed by atoms with Gasteiger partial charge in [-0.1, -0.05) is 0 Å². The second-order valence-electron chi connectivity index (χ2n) is 4.07. The molecule has 2 aromatic heterocycles. The maximum Gasteiger partial charge on any atom is 0.437 e. The molecule has 5 nitrogen and oxygen atoms in total. The second-order valence-corrected chi connectivity index (χ2v) is 4.07. The lowest BCUT2D eigenvalue weighted by atomic mass is 10.2. The standard InChI is InChI=1S/C12H13F3N4O.ClH/c1-16-9-5-18-19(7-9)6-8-3-10(20-2)11(17-4-8)12(13,14)15;/h3-5,7,16H,6H2,1-2H3;1H. The van der Waals surface area contributed by atoms with Gasteiger partial charge < -0.3 is 10.1 Å². The first kappa shape index (κ1) is 17.1. The van der Waals surface area contributed by atoms with Crippen LogP contribution in [0.4, 0.5) is 18.9 Å². The number of anilines is 1. The third-order valence-corrected chi connectivity index (χ3v) is 2.66. The fourth-order valence-electron chi connectivity index (χ4n) is 1.71. The minimum atomic E-state index is -4.53. The normalized spacial score (nSPS) is 10.9. The van der Waals surface area contributed by atoms with E-state index in [2.05, 4.69) is 15.4 Å². The van der Waals surface area contributed by atoms with Gasteiger partial charge in [-0.05, 0) is 11.6 Å². The highest BCUT2D eigenvalue weighted by atomic mass is 35.5. The number of halogens is 4. The number of hydrogen-bond donors (Lipinski definition) is 1. The lowest BCUT2D eigenvalue weighted by molar-refractivity contribution is -0.142. The molecule has 0 saturated carbocycles. The Bertz CT molecular complexity index is 600. The molecule has 2 aromatic rings. The quantitative estimate of drug-likeness (QED) is 0.940. The van der Waals surface area contributed by atoms with Crippen LogP contribution in [0.25, 0.3) is 0 Å². The molecule has 9 heteroatoms. The van der Waals surface area contributed by atoms with E-state index in [1.54, 1.807) is 24.1 Å². The van der Waals surface area contributed by atoms with E-state index >= 15 is 0 Å². The number of pyridine rings is 1. The summed E-state index contributed by atoms with van der Waals surface area (Å²) in [6.07, 6.45) is -0.000165. The monoisotopic (exact) mass is 322 g/mol. The van der Waals surface area contributed by atoms with Gasteiger partial charge in [0.15, 0.2) is 5.69 Å². The van der Waals surface area contributed by atoms with Crippen LogP contribution in [0.15, 0.2) is 24.7 Å². The summed E-state index contributed by atoms with van der Waals surface area (Å²) >= 11 is 0. The van der Waals surface area contributed by atoms with Crippen LogP contribution in [0.2, 0.25) is 0 Å². The minimum Gasteiger partial charge on any atom is -0.494 e. The number of alkyl halides is 3. The Morgan fingerprint density at radius 2 is 2.05 bits per heavy atom. The summed E-state index contributed by atoms with van der Waals surface area (Å²) in [5.74, 6) is -0.295. The summed E-state index contributed by atoms with van der Waals surface area (Å²) in [5.41, 5.74) is 0.359. The van der Waals surface area contributed by atoms with Crippen molar-refractivity contribution in [2.75, 3.05) is 19.5 Å². The van der Waals surface area contributed by atoms with Gasteiger partial charge >= 0.3 is 6.18 Å². The van der Waals surface area contributed by atoms with Crippen LogP contribution in [0.1, 0.15) is 11.3 Å². The fraction of sp³-hybridized carbons (Fsp3) is 0.333. The third kappa shape index (κ3) is 4.01. The van der Waals surface area contributed by atoms with Gasteiger partial charge in [0.25, 0.3) is 0 Å². The Morgan fingerprint density at radius 1 is 1.33 bits per heavy atom. The second kappa shape index (κ2) is 6.66. The van der Waals surface area contributed by atoms with E-state index in [4.69, 9.17) is 4.74 Å². The van der Waals surface area contributed by atoms with Gasteiger partial charge in [0.05, 0.1) is 25.5 Å². The average Bonchev–Trinajstić information content (AvgIpc) is 2.85. The third-order valence-electron chi connectivity index (χ3n) is 2.66. The molecule has 0 aliphatic rings. The average molecular weight is 323 g/mol. The lowest BCUT2D eigenvalue weighted by Crippen LogP contribution is -2.11. The Balaban J connectivity index is 0.00000220. The Morgan fingerprint density at radius 3 is 2.57 bits per heavy atom. The van der Waals surface area contributed by atoms with Gasteiger partial charge in [0.2, 0.25) is 0 Å². The number of hydrogen-bond acceptors (Lipinski definition) is 4. The highest BCUT2D eigenvalue weighted by Gasteiger charge is 2.36. The van der Waals surface area contributed by atoms with E-state index in [1.165, 1.54) is 19.4 Å². The van der Waals surface area contributed by atoms with Crippen LogP contribution < -0.4 is 10.1 Å². The number of nitrogens with one attached hydrogen (secondary N) is 1. The lowest BCUT2D eigenvalue weighted by Gasteiger charge is -2.12. The highest BCUT2D eigenvalue weighted by molar-refractivity contribution is 5.85. The molecule has 0 aromatic carbocycles. The number of aromatic nitrogens is 3. The Kier molecular flexibility index (Phi) is 5.42. The van der Waals surface area contributed by atoms with Crippen molar-refractivity contribution in [3.8, 4) is 5.75 Å². The van der Waals surface area contributed by atoms with Crippen molar-refractivity contribution in [1.82, 2.24) is 14.8 Å². The Hall–Kier alpha value is -1.96. The molecule has 0 aliphatic heterocycles. The maximum absolute atomic E-state index is 12.7. The first-order chi connectivity index (χ1) is 9.44. The van der Waals surface area contributed by atoms with Crippen LogP contribution in [-0.2, 0) is 12.7 Å². The first-order valence-corrected chi connectivity index (χ1v) is 5.74. The van der Waals surface area contributed by atoms with Crippen LogP contribution in [0.5, 0.6) is 5.75 Å². The zero-order chi connectivity index (χ0) is 14.8. The molecule has 0 radical (unpaired) electrons. The number of nitrogens with zero attached hydrogens (tertiary/aromatic N) is 3. The zero-order valence-electron chi connectivity index (χ0n) is 11.3. The molecule has 0 atom stereocenters. The predicted molar refractivity (Wildman–Crippen MR) is 73.9 cm³/mol. The molecule has 0 bridgehead atoms. The highest BCUT2D eigenvalue weighted by Crippen LogP contribution is 2.34. The predicted octanol–water partition coefficient (Wildman–Crippen LogP) is 2.82. The van der Waals surface area contributed by atoms with Gasteiger partial charge in [0, 0.05) is 19.4 Å². The molecule has 2 heterocycles. The summed E-state index contributed by atoms with van der Waals surface area (Å²) in [4.78, 5) is 3.44.